The van der Waals surface area contributed by atoms with Gasteiger partial charge in [0.2, 0.25) is 0 Å². The molecule has 1 atom stereocenters. The number of nitrogens with two attached hydrogens (primary N) is 1. The maximum Gasteiger partial charge on any atom is 0.198 e. The van der Waals surface area contributed by atoms with Crippen molar-refractivity contribution in [3.05, 3.63) is 45.3 Å². The lowest BCUT2D eigenvalue weighted by atomic mass is 10.0. The maximum absolute atomic E-state index is 6.21. The molecule has 1 aromatic carbocycles. The Labute approximate surface area is 124 Å². The van der Waals surface area contributed by atoms with Gasteiger partial charge in [0.25, 0.3) is 0 Å². The van der Waals surface area contributed by atoms with Crippen molar-refractivity contribution in [3.8, 4) is 11.5 Å². The highest BCUT2D eigenvalue weighted by Crippen LogP contribution is 2.41. The van der Waals surface area contributed by atoms with E-state index in [9.17, 15) is 0 Å². The molecule has 1 aromatic heterocycles. The van der Waals surface area contributed by atoms with Gasteiger partial charge >= 0.3 is 0 Å². The number of methoxy groups -OCH3 is 2. The Morgan fingerprint density at radius 1 is 1.21 bits per heavy atom. The van der Waals surface area contributed by atoms with Gasteiger partial charge in [-0.1, -0.05) is 0 Å². The van der Waals surface area contributed by atoms with Gasteiger partial charge in [0.1, 0.15) is 16.0 Å². The maximum atomic E-state index is 6.21. The summed E-state index contributed by atoms with van der Waals surface area (Å²) in [4.78, 5) is 0. The van der Waals surface area contributed by atoms with Gasteiger partial charge in [0.15, 0.2) is 5.22 Å². The van der Waals surface area contributed by atoms with E-state index in [1.165, 1.54) is 6.26 Å². The van der Waals surface area contributed by atoms with Gasteiger partial charge in [-0.15, -0.1) is 0 Å². The van der Waals surface area contributed by atoms with Crippen LogP contribution in [0.4, 0.5) is 0 Å². The Balaban J connectivity index is 2.51. The van der Waals surface area contributed by atoms with Crippen molar-refractivity contribution in [2.45, 2.75) is 6.04 Å². The van der Waals surface area contributed by atoms with Crippen molar-refractivity contribution in [1.82, 2.24) is 0 Å². The zero-order valence-corrected chi connectivity index (χ0v) is 12.8. The quantitative estimate of drug-likeness (QED) is 0.916. The Morgan fingerprint density at radius 3 is 2.47 bits per heavy atom. The van der Waals surface area contributed by atoms with Crippen molar-refractivity contribution in [2.75, 3.05) is 14.2 Å². The first-order valence-corrected chi connectivity index (χ1v) is 6.66. The summed E-state index contributed by atoms with van der Waals surface area (Å²) < 4.78 is 16.4. The van der Waals surface area contributed by atoms with E-state index in [0.717, 1.165) is 5.56 Å². The fourth-order valence-electron chi connectivity index (χ4n) is 1.86. The minimum Gasteiger partial charge on any atom is -0.495 e. The fraction of sp³-hybridized carbons (Fsp3) is 0.231. The van der Waals surface area contributed by atoms with Crippen molar-refractivity contribution in [2.24, 2.45) is 5.73 Å². The lowest BCUT2D eigenvalue weighted by Crippen LogP contribution is -2.13. The van der Waals surface area contributed by atoms with Gasteiger partial charge in [0, 0.05) is 11.1 Å². The Bertz CT molecular complexity index is 585. The molecule has 4 nitrogen and oxygen atoms in total. The molecule has 19 heavy (non-hydrogen) atoms. The SMILES string of the molecule is COc1ccc(C(N)c2ccoc2Cl)c(OC)c1Br. The molecule has 0 bridgehead atoms. The average molecular weight is 347 g/mol. The number of benzene rings is 1. The normalized spacial score (nSPS) is 12.3. The molecular formula is C13H13BrClNO3. The Hall–Kier alpha value is -1.17. The molecule has 102 valence electrons. The lowest BCUT2D eigenvalue weighted by Gasteiger charge is -2.17. The Morgan fingerprint density at radius 2 is 1.95 bits per heavy atom. The first-order chi connectivity index (χ1) is 9.10. The highest BCUT2D eigenvalue weighted by molar-refractivity contribution is 9.10. The van der Waals surface area contributed by atoms with Crippen LogP contribution in [-0.4, -0.2) is 14.2 Å². The van der Waals surface area contributed by atoms with Crippen molar-refractivity contribution >= 4 is 27.5 Å². The van der Waals surface area contributed by atoms with Crippen LogP contribution < -0.4 is 15.2 Å². The van der Waals surface area contributed by atoms with E-state index in [-0.39, 0.29) is 5.22 Å². The first kappa shape index (κ1) is 14.2. The number of hydrogen-bond acceptors (Lipinski definition) is 4. The van der Waals surface area contributed by atoms with E-state index in [4.69, 9.17) is 31.2 Å². The molecule has 6 heteroatoms. The summed E-state index contributed by atoms with van der Waals surface area (Å²) in [6.45, 7) is 0. The van der Waals surface area contributed by atoms with E-state index in [0.29, 0.717) is 21.5 Å². The van der Waals surface area contributed by atoms with E-state index < -0.39 is 6.04 Å². The number of furan rings is 1. The molecule has 0 aliphatic heterocycles. The second-order valence-electron chi connectivity index (χ2n) is 3.83. The standard InChI is InChI=1S/C13H13BrClNO3/c1-17-9-4-3-7(12(18-2)10(9)14)11(16)8-5-6-19-13(8)15/h3-6,11H,16H2,1-2H3. The van der Waals surface area contributed by atoms with Gasteiger partial charge in [-0.05, 0) is 45.7 Å². The first-order valence-electron chi connectivity index (χ1n) is 5.49. The van der Waals surface area contributed by atoms with Crippen LogP contribution in [0.1, 0.15) is 17.2 Å². The van der Waals surface area contributed by atoms with Crippen LogP contribution in [0.5, 0.6) is 11.5 Å². The zero-order valence-electron chi connectivity index (χ0n) is 10.4. The van der Waals surface area contributed by atoms with Crippen LogP contribution in [0, 0.1) is 0 Å². The molecule has 0 saturated heterocycles. The van der Waals surface area contributed by atoms with E-state index in [1.807, 2.05) is 12.1 Å². The molecule has 0 aliphatic rings. The van der Waals surface area contributed by atoms with Crippen molar-refractivity contribution in [1.29, 1.82) is 0 Å². The molecule has 0 spiro atoms. The minimum atomic E-state index is -0.441. The van der Waals surface area contributed by atoms with Gasteiger partial charge in [-0.25, -0.2) is 0 Å². The van der Waals surface area contributed by atoms with Gasteiger partial charge in [0.05, 0.1) is 26.5 Å². The molecule has 2 rings (SSSR count). The number of halogens is 2. The molecule has 0 radical (unpaired) electrons. The van der Waals surface area contributed by atoms with Crippen LogP contribution in [0.3, 0.4) is 0 Å². The van der Waals surface area contributed by atoms with Crippen LogP contribution in [0.25, 0.3) is 0 Å². The van der Waals surface area contributed by atoms with E-state index in [2.05, 4.69) is 15.9 Å². The third-order valence-electron chi connectivity index (χ3n) is 2.83. The van der Waals surface area contributed by atoms with Crippen molar-refractivity contribution < 1.29 is 13.9 Å². The highest BCUT2D eigenvalue weighted by atomic mass is 79.9. The smallest absolute Gasteiger partial charge is 0.198 e. The second-order valence-corrected chi connectivity index (χ2v) is 4.97. The summed E-state index contributed by atoms with van der Waals surface area (Å²) in [6.07, 6.45) is 1.50. The summed E-state index contributed by atoms with van der Waals surface area (Å²) in [7, 11) is 3.17. The highest BCUT2D eigenvalue weighted by Gasteiger charge is 2.21. The van der Waals surface area contributed by atoms with E-state index in [1.54, 1.807) is 20.3 Å². The molecule has 1 unspecified atom stereocenters. The predicted molar refractivity (Wildman–Crippen MR) is 77.0 cm³/mol. The van der Waals surface area contributed by atoms with E-state index >= 15 is 0 Å². The third-order valence-corrected chi connectivity index (χ3v) is 3.89. The molecule has 0 amide bonds. The average Bonchev–Trinajstić information content (AvgIpc) is 2.83. The fourth-order valence-corrected chi connectivity index (χ4v) is 2.77. The minimum absolute atomic E-state index is 0.279. The topological polar surface area (TPSA) is 57.6 Å². The van der Waals surface area contributed by atoms with Crippen LogP contribution in [0.2, 0.25) is 5.22 Å². The summed E-state index contributed by atoms with van der Waals surface area (Å²) in [5.41, 5.74) is 7.71. The number of ether oxygens (including phenoxy) is 2. The zero-order chi connectivity index (χ0) is 14.0. The molecular weight excluding hydrogens is 334 g/mol. The molecule has 0 aliphatic carbocycles. The largest absolute Gasteiger partial charge is 0.495 e. The van der Waals surface area contributed by atoms with Crippen LogP contribution in [0.15, 0.2) is 33.4 Å². The number of hydrogen-bond donors (Lipinski definition) is 1. The molecule has 0 saturated carbocycles. The summed E-state index contributed by atoms with van der Waals surface area (Å²) in [5.74, 6) is 1.29. The predicted octanol–water partition coefficient (Wildman–Crippen LogP) is 3.76. The monoisotopic (exact) mass is 345 g/mol. The van der Waals surface area contributed by atoms with Gasteiger partial charge in [-0.2, -0.15) is 0 Å². The third kappa shape index (κ3) is 2.59. The lowest BCUT2D eigenvalue weighted by molar-refractivity contribution is 0.385. The number of rotatable bonds is 4. The summed E-state index contributed by atoms with van der Waals surface area (Å²) >= 11 is 9.40. The molecule has 2 N–H and O–H groups in total. The van der Waals surface area contributed by atoms with Crippen molar-refractivity contribution in [3.63, 3.8) is 0 Å². The molecule has 1 heterocycles. The second kappa shape index (κ2) is 5.86. The summed E-state index contributed by atoms with van der Waals surface area (Å²) in [5, 5.41) is 0.279. The van der Waals surface area contributed by atoms with Gasteiger partial charge < -0.3 is 19.6 Å². The molecule has 0 fully saturated rings. The summed E-state index contributed by atoms with van der Waals surface area (Å²) in [6, 6.07) is 4.96. The Kier molecular flexibility index (Phi) is 4.39. The van der Waals surface area contributed by atoms with Crippen LogP contribution >= 0.6 is 27.5 Å². The molecule has 2 aromatic rings. The van der Waals surface area contributed by atoms with Crippen LogP contribution in [-0.2, 0) is 0 Å². The van der Waals surface area contributed by atoms with Gasteiger partial charge in [-0.3, -0.25) is 0 Å².